The molecule has 0 aliphatic rings. The van der Waals surface area contributed by atoms with E-state index in [1.165, 1.54) is 10.5 Å². The molecular formula is C12H14BrN3O2S. The average molecular weight is 344 g/mol. The Hall–Kier alpha value is -1.18. The second kappa shape index (κ2) is 5.44. The predicted molar refractivity (Wildman–Crippen MR) is 76.1 cm³/mol. The van der Waals surface area contributed by atoms with Gasteiger partial charge in [-0.3, -0.25) is 5.10 Å². The molecule has 0 radical (unpaired) electrons. The van der Waals surface area contributed by atoms with Gasteiger partial charge in [0.2, 0.25) is 10.0 Å². The molecule has 2 rings (SSSR count). The number of halogens is 1. The number of H-pyrrole nitrogens is 1. The van der Waals surface area contributed by atoms with Crippen LogP contribution >= 0.6 is 15.9 Å². The molecular weight excluding hydrogens is 330 g/mol. The zero-order chi connectivity index (χ0) is 14.0. The van der Waals surface area contributed by atoms with Gasteiger partial charge in [-0.25, -0.2) is 8.42 Å². The van der Waals surface area contributed by atoms with Crippen molar-refractivity contribution in [1.82, 2.24) is 14.5 Å². The molecule has 7 heteroatoms. The molecule has 0 saturated heterocycles. The van der Waals surface area contributed by atoms with Crippen LogP contribution < -0.4 is 0 Å². The van der Waals surface area contributed by atoms with Crippen molar-refractivity contribution in [3.63, 3.8) is 0 Å². The number of aromatic nitrogens is 2. The molecule has 1 aromatic heterocycles. The number of aryl methyl sites for hydroxylation is 1. The van der Waals surface area contributed by atoms with Gasteiger partial charge in [0.25, 0.3) is 0 Å². The fourth-order valence-corrected chi connectivity index (χ4v) is 3.39. The van der Waals surface area contributed by atoms with Gasteiger partial charge in [0.1, 0.15) is 4.90 Å². The minimum atomic E-state index is -3.52. The molecule has 0 atom stereocenters. The Morgan fingerprint density at radius 1 is 1.37 bits per heavy atom. The Morgan fingerprint density at radius 2 is 2.05 bits per heavy atom. The molecule has 5 nitrogen and oxygen atoms in total. The number of hydrogen-bond donors (Lipinski definition) is 1. The fraction of sp³-hybridized carbons (Fsp3) is 0.250. The Balaban J connectivity index is 2.28. The highest BCUT2D eigenvalue weighted by Crippen LogP contribution is 2.22. The van der Waals surface area contributed by atoms with E-state index in [-0.39, 0.29) is 4.90 Å². The third-order valence-electron chi connectivity index (χ3n) is 2.82. The van der Waals surface area contributed by atoms with Crippen LogP contribution in [0.3, 0.4) is 0 Å². The maximum Gasteiger partial charge on any atom is 0.246 e. The first-order valence-corrected chi connectivity index (χ1v) is 7.86. The van der Waals surface area contributed by atoms with Crippen molar-refractivity contribution in [2.24, 2.45) is 0 Å². The molecule has 1 heterocycles. The first kappa shape index (κ1) is 14.2. The first-order chi connectivity index (χ1) is 8.93. The van der Waals surface area contributed by atoms with Crippen LogP contribution in [0.5, 0.6) is 0 Å². The molecule has 2 aromatic rings. The number of nitrogens with one attached hydrogen (secondary N) is 1. The van der Waals surface area contributed by atoms with Crippen molar-refractivity contribution in [2.45, 2.75) is 18.4 Å². The highest BCUT2D eigenvalue weighted by Gasteiger charge is 2.24. The molecule has 0 amide bonds. The van der Waals surface area contributed by atoms with E-state index in [0.717, 1.165) is 10.0 Å². The van der Waals surface area contributed by atoms with Gasteiger partial charge in [-0.15, -0.1) is 0 Å². The largest absolute Gasteiger partial charge is 0.281 e. The summed E-state index contributed by atoms with van der Waals surface area (Å²) in [5, 5.41) is 6.39. The second-order valence-electron chi connectivity index (χ2n) is 4.21. The lowest BCUT2D eigenvalue weighted by molar-refractivity contribution is 0.465. The van der Waals surface area contributed by atoms with Gasteiger partial charge in [0.15, 0.2) is 0 Å². The number of aromatic amines is 1. The Bertz CT molecular complexity index is 682. The monoisotopic (exact) mass is 343 g/mol. The van der Waals surface area contributed by atoms with E-state index in [0.29, 0.717) is 12.2 Å². The van der Waals surface area contributed by atoms with Crippen LogP contribution in [0.15, 0.2) is 39.8 Å². The van der Waals surface area contributed by atoms with E-state index >= 15 is 0 Å². The molecule has 0 saturated carbocycles. The van der Waals surface area contributed by atoms with Crippen LogP contribution in [0.1, 0.15) is 11.3 Å². The predicted octanol–water partition coefficient (Wildman–Crippen LogP) is 2.30. The third-order valence-corrected chi connectivity index (χ3v) is 5.51. The van der Waals surface area contributed by atoms with Gasteiger partial charge in [-0.2, -0.15) is 9.40 Å². The summed E-state index contributed by atoms with van der Waals surface area (Å²) in [6.45, 7) is 1.99. The van der Waals surface area contributed by atoms with Crippen molar-refractivity contribution in [1.29, 1.82) is 0 Å². The fourth-order valence-electron chi connectivity index (χ4n) is 1.72. The maximum absolute atomic E-state index is 12.4. The van der Waals surface area contributed by atoms with Crippen molar-refractivity contribution >= 4 is 26.0 Å². The molecule has 0 fully saturated rings. The van der Waals surface area contributed by atoms with Crippen LogP contribution in [0.25, 0.3) is 0 Å². The quantitative estimate of drug-likeness (QED) is 0.926. The molecule has 19 heavy (non-hydrogen) atoms. The summed E-state index contributed by atoms with van der Waals surface area (Å²) < 4.78 is 27.0. The minimum Gasteiger partial charge on any atom is -0.281 e. The Labute approximate surface area is 120 Å². The lowest BCUT2D eigenvalue weighted by Gasteiger charge is -2.17. The van der Waals surface area contributed by atoms with Crippen LogP contribution in [-0.4, -0.2) is 30.0 Å². The van der Waals surface area contributed by atoms with E-state index in [4.69, 9.17) is 0 Å². The number of benzene rings is 1. The second-order valence-corrected chi connectivity index (χ2v) is 7.08. The van der Waals surface area contributed by atoms with Gasteiger partial charge < -0.3 is 0 Å². The van der Waals surface area contributed by atoms with Gasteiger partial charge in [0, 0.05) is 18.1 Å². The molecule has 0 bridgehead atoms. The first-order valence-electron chi connectivity index (χ1n) is 5.62. The summed E-state index contributed by atoms with van der Waals surface area (Å²) in [5.41, 5.74) is 1.45. The summed E-state index contributed by atoms with van der Waals surface area (Å²) in [6, 6.07) is 7.54. The molecule has 0 aliphatic heterocycles. The molecule has 102 valence electrons. The molecule has 0 aliphatic carbocycles. The van der Waals surface area contributed by atoms with Crippen molar-refractivity contribution in [3.05, 3.63) is 46.2 Å². The van der Waals surface area contributed by atoms with Gasteiger partial charge in [-0.1, -0.05) is 34.1 Å². The minimum absolute atomic E-state index is 0.210. The zero-order valence-electron chi connectivity index (χ0n) is 10.6. The number of hydrogen-bond acceptors (Lipinski definition) is 3. The standard InChI is InChI=1S/C12H14BrN3O2S/c1-9-12(7-14-15-9)19(17,18)16(2)8-10-5-3-4-6-11(10)13/h3-7H,8H2,1-2H3,(H,14,15). The lowest BCUT2D eigenvalue weighted by Crippen LogP contribution is -2.26. The van der Waals surface area contributed by atoms with Crippen molar-refractivity contribution in [2.75, 3.05) is 7.05 Å². The van der Waals surface area contributed by atoms with Gasteiger partial charge >= 0.3 is 0 Å². The summed E-state index contributed by atoms with van der Waals surface area (Å²) in [4.78, 5) is 0.210. The van der Waals surface area contributed by atoms with Gasteiger partial charge in [0.05, 0.1) is 11.9 Å². The van der Waals surface area contributed by atoms with Crippen molar-refractivity contribution in [3.8, 4) is 0 Å². The lowest BCUT2D eigenvalue weighted by atomic mass is 10.2. The zero-order valence-corrected chi connectivity index (χ0v) is 13.0. The van der Waals surface area contributed by atoms with Crippen LogP contribution in [0, 0.1) is 6.92 Å². The SMILES string of the molecule is Cc1[nH]ncc1S(=O)(=O)N(C)Cc1ccccc1Br. The highest BCUT2D eigenvalue weighted by molar-refractivity contribution is 9.10. The summed E-state index contributed by atoms with van der Waals surface area (Å²) in [5.74, 6) is 0. The van der Waals surface area contributed by atoms with E-state index in [1.54, 1.807) is 14.0 Å². The average Bonchev–Trinajstić information content (AvgIpc) is 2.79. The normalized spacial score (nSPS) is 12.0. The van der Waals surface area contributed by atoms with E-state index in [1.807, 2.05) is 24.3 Å². The molecule has 1 N–H and O–H groups in total. The van der Waals surface area contributed by atoms with Crippen LogP contribution in [0.4, 0.5) is 0 Å². The Morgan fingerprint density at radius 3 is 2.63 bits per heavy atom. The van der Waals surface area contributed by atoms with Crippen molar-refractivity contribution < 1.29 is 8.42 Å². The summed E-state index contributed by atoms with van der Waals surface area (Å²) in [6.07, 6.45) is 1.33. The Kier molecular flexibility index (Phi) is 4.07. The molecule has 0 unspecified atom stereocenters. The topological polar surface area (TPSA) is 66.1 Å². The number of sulfonamides is 1. The van der Waals surface area contributed by atoms with Crippen LogP contribution in [0.2, 0.25) is 0 Å². The third kappa shape index (κ3) is 2.88. The van der Waals surface area contributed by atoms with E-state index in [2.05, 4.69) is 26.1 Å². The highest BCUT2D eigenvalue weighted by atomic mass is 79.9. The van der Waals surface area contributed by atoms with Crippen LogP contribution in [-0.2, 0) is 16.6 Å². The molecule has 0 spiro atoms. The maximum atomic E-state index is 12.4. The smallest absolute Gasteiger partial charge is 0.246 e. The van der Waals surface area contributed by atoms with E-state index in [9.17, 15) is 8.42 Å². The van der Waals surface area contributed by atoms with E-state index < -0.39 is 10.0 Å². The number of nitrogens with zero attached hydrogens (tertiary/aromatic N) is 2. The molecule has 1 aromatic carbocycles. The summed E-state index contributed by atoms with van der Waals surface area (Å²) >= 11 is 3.41. The number of rotatable bonds is 4. The summed E-state index contributed by atoms with van der Waals surface area (Å²) in [7, 11) is -1.97. The van der Waals surface area contributed by atoms with Gasteiger partial charge in [-0.05, 0) is 18.6 Å².